The first-order valence-corrected chi connectivity index (χ1v) is 9.69. The minimum atomic E-state index is -0.506. The van der Waals surface area contributed by atoms with E-state index in [-0.39, 0.29) is 18.7 Å². The summed E-state index contributed by atoms with van der Waals surface area (Å²) < 4.78 is 7.43. The van der Waals surface area contributed by atoms with Gasteiger partial charge in [0.2, 0.25) is 0 Å². The summed E-state index contributed by atoms with van der Waals surface area (Å²) in [6.07, 6.45) is 0. The first-order valence-electron chi connectivity index (χ1n) is 8.87. The molecule has 0 fully saturated rings. The molecule has 0 N–H and O–H groups in total. The number of hydrogen-bond donors (Lipinski definition) is 0. The molecule has 0 saturated carbocycles. The van der Waals surface area contributed by atoms with Gasteiger partial charge in [0, 0.05) is 17.6 Å². The zero-order valence-corrected chi connectivity index (χ0v) is 16.6. The van der Waals surface area contributed by atoms with E-state index in [2.05, 4.69) is 0 Å². The summed E-state index contributed by atoms with van der Waals surface area (Å²) in [5, 5.41) is 0.474. The fraction of sp³-hybridized carbons (Fsp3) is 0.238. The Balaban J connectivity index is 2.08. The SMILES string of the molecule is COCCOn1c(Sc2ccccc2)c(C)c(=O)n(Cc2ccccc2)c1=O. The van der Waals surface area contributed by atoms with Crippen LogP contribution in [0.1, 0.15) is 11.1 Å². The molecule has 0 amide bonds. The van der Waals surface area contributed by atoms with E-state index in [0.717, 1.165) is 10.5 Å². The van der Waals surface area contributed by atoms with E-state index in [1.807, 2.05) is 60.7 Å². The van der Waals surface area contributed by atoms with Crippen LogP contribution >= 0.6 is 11.8 Å². The molecule has 6 nitrogen and oxygen atoms in total. The summed E-state index contributed by atoms with van der Waals surface area (Å²) in [7, 11) is 1.56. The van der Waals surface area contributed by atoms with Gasteiger partial charge in [-0.2, -0.15) is 0 Å². The standard InChI is InChI=1S/C21H22N2O4S/c1-16-19(24)22(15-17-9-5-3-6-10-17)21(25)23(27-14-13-26-2)20(16)28-18-11-7-4-8-12-18/h3-12H,13-15H2,1-2H3. The third kappa shape index (κ3) is 4.55. The average molecular weight is 398 g/mol. The Bertz CT molecular complexity index is 1030. The van der Waals surface area contributed by atoms with Gasteiger partial charge in [0.25, 0.3) is 5.56 Å². The van der Waals surface area contributed by atoms with Gasteiger partial charge in [-0.3, -0.25) is 9.36 Å². The summed E-state index contributed by atoms with van der Waals surface area (Å²) in [5.41, 5.74) is 0.502. The summed E-state index contributed by atoms with van der Waals surface area (Å²) in [5.74, 6) is 0. The first kappa shape index (κ1) is 20.0. The normalized spacial score (nSPS) is 10.8. The molecule has 0 unspecified atom stereocenters. The van der Waals surface area contributed by atoms with Crippen molar-refractivity contribution in [2.24, 2.45) is 0 Å². The summed E-state index contributed by atoms with van der Waals surface area (Å²) >= 11 is 1.33. The van der Waals surface area contributed by atoms with E-state index >= 15 is 0 Å². The van der Waals surface area contributed by atoms with E-state index in [1.54, 1.807) is 14.0 Å². The monoisotopic (exact) mass is 398 g/mol. The predicted octanol–water partition coefficient (Wildman–Crippen LogP) is 2.59. The number of benzene rings is 2. The van der Waals surface area contributed by atoms with Crippen molar-refractivity contribution >= 4 is 11.8 Å². The van der Waals surface area contributed by atoms with Crippen molar-refractivity contribution in [2.75, 3.05) is 20.3 Å². The van der Waals surface area contributed by atoms with E-state index in [1.165, 1.54) is 21.1 Å². The predicted molar refractivity (Wildman–Crippen MR) is 109 cm³/mol. The van der Waals surface area contributed by atoms with Crippen molar-refractivity contribution in [1.82, 2.24) is 9.30 Å². The number of nitrogens with zero attached hydrogens (tertiary/aromatic N) is 2. The van der Waals surface area contributed by atoms with Crippen molar-refractivity contribution in [1.29, 1.82) is 0 Å². The quantitative estimate of drug-likeness (QED) is 0.431. The second kappa shape index (κ2) is 9.43. The van der Waals surface area contributed by atoms with Gasteiger partial charge < -0.3 is 9.57 Å². The van der Waals surface area contributed by atoms with Crippen LogP contribution in [0.3, 0.4) is 0 Å². The van der Waals surface area contributed by atoms with E-state index in [9.17, 15) is 9.59 Å². The second-order valence-electron chi connectivity index (χ2n) is 6.13. The lowest BCUT2D eigenvalue weighted by Gasteiger charge is -2.17. The minimum Gasteiger partial charge on any atom is -0.406 e. The molecule has 0 saturated heterocycles. The molecule has 0 aliphatic carbocycles. The van der Waals surface area contributed by atoms with Crippen LogP contribution in [-0.4, -0.2) is 29.6 Å². The number of rotatable bonds is 8. The van der Waals surface area contributed by atoms with Crippen LogP contribution < -0.4 is 16.1 Å². The lowest BCUT2D eigenvalue weighted by atomic mass is 10.2. The molecule has 1 aromatic heterocycles. The zero-order chi connectivity index (χ0) is 19.9. The Labute approximate surface area is 167 Å². The van der Waals surface area contributed by atoms with E-state index < -0.39 is 5.69 Å². The molecule has 3 rings (SSSR count). The zero-order valence-electron chi connectivity index (χ0n) is 15.8. The number of methoxy groups -OCH3 is 1. The Morgan fingerprint density at radius 1 is 0.929 bits per heavy atom. The summed E-state index contributed by atoms with van der Waals surface area (Å²) in [6.45, 7) is 2.43. The van der Waals surface area contributed by atoms with Gasteiger partial charge in [-0.15, -0.1) is 4.73 Å². The van der Waals surface area contributed by atoms with Crippen molar-refractivity contribution in [2.45, 2.75) is 23.4 Å². The first-order chi connectivity index (χ1) is 13.6. The Hall–Kier alpha value is -2.77. The largest absolute Gasteiger partial charge is 0.406 e. The van der Waals surface area contributed by atoms with Crippen LogP contribution in [0.2, 0.25) is 0 Å². The molecule has 2 aromatic carbocycles. The fourth-order valence-electron chi connectivity index (χ4n) is 2.68. The Morgan fingerprint density at radius 2 is 1.57 bits per heavy atom. The molecule has 146 valence electrons. The highest BCUT2D eigenvalue weighted by Crippen LogP contribution is 2.27. The van der Waals surface area contributed by atoms with Crippen molar-refractivity contribution in [3.05, 3.63) is 92.6 Å². The van der Waals surface area contributed by atoms with Crippen molar-refractivity contribution in [3.8, 4) is 0 Å². The maximum absolute atomic E-state index is 13.1. The molecule has 0 aliphatic rings. The van der Waals surface area contributed by atoms with E-state index in [4.69, 9.17) is 9.57 Å². The summed E-state index contributed by atoms with van der Waals surface area (Å²) in [6, 6.07) is 19.0. The smallest absolute Gasteiger partial charge is 0.365 e. The van der Waals surface area contributed by atoms with Gasteiger partial charge in [-0.25, -0.2) is 4.79 Å². The van der Waals surface area contributed by atoms with Gasteiger partial charge in [-0.05, 0) is 24.6 Å². The molecule has 0 aliphatic heterocycles. The highest BCUT2D eigenvalue weighted by atomic mass is 32.2. The van der Waals surface area contributed by atoms with Gasteiger partial charge in [0.15, 0.2) is 0 Å². The van der Waals surface area contributed by atoms with Crippen LogP contribution in [0.4, 0.5) is 0 Å². The maximum Gasteiger partial charge on any atom is 0.365 e. The Kier molecular flexibility index (Phi) is 6.73. The van der Waals surface area contributed by atoms with Gasteiger partial charge in [-0.1, -0.05) is 60.3 Å². The third-order valence-electron chi connectivity index (χ3n) is 4.12. The molecule has 28 heavy (non-hydrogen) atoms. The molecule has 7 heteroatoms. The third-order valence-corrected chi connectivity index (χ3v) is 5.30. The van der Waals surface area contributed by atoms with Crippen LogP contribution in [0, 0.1) is 6.92 Å². The number of ether oxygens (including phenoxy) is 1. The molecule has 3 aromatic rings. The minimum absolute atomic E-state index is 0.184. The molecule has 0 spiro atoms. The van der Waals surface area contributed by atoms with Crippen LogP contribution in [0.15, 0.2) is 80.2 Å². The highest BCUT2D eigenvalue weighted by Gasteiger charge is 2.19. The molecular weight excluding hydrogens is 376 g/mol. The lowest BCUT2D eigenvalue weighted by molar-refractivity contribution is 0.0352. The van der Waals surface area contributed by atoms with Crippen LogP contribution in [0.5, 0.6) is 0 Å². The number of aromatic nitrogens is 2. The van der Waals surface area contributed by atoms with Gasteiger partial charge in [0.1, 0.15) is 11.6 Å². The highest BCUT2D eigenvalue weighted by molar-refractivity contribution is 7.99. The average Bonchev–Trinajstić information content (AvgIpc) is 2.73. The lowest BCUT2D eigenvalue weighted by Crippen LogP contribution is -2.45. The van der Waals surface area contributed by atoms with Crippen molar-refractivity contribution in [3.63, 3.8) is 0 Å². The molecule has 0 atom stereocenters. The number of hydrogen-bond acceptors (Lipinski definition) is 5. The molecular formula is C21H22N2O4S. The second-order valence-corrected chi connectivity index (χ2v) is 7.19. The topological polar surface area (TPSA) is 62.5 Å². The Morgan fingerprint density at radius 3 is 2.21 bits per heavy atom. The maximum atomic E-state index is 13.1. The van der Waals surface area contributed by atoms with Gasteiger partial charge >= 0.3 is 5.69 Å². The van der Waals surface area contributed by atoms with Crippen molar-refractivity contribution < 1.29 is 9.57 Å². The molecule has 1 heterocycles. The van der Waals surface area contributed by atoms with E-state index in [0.29, 0.717) is 17.2 Å². The van der Waals surface area contributed by atoms with Crippen LogP contribution in [-0.2, 0) is 11.3 Å². The fourth-order valence-corrected chi connectivity index (χ4v) is 3.65. The van der Waals surface area contributed by atoms with Gasteiger partial charge in [0.05, 0.1) is 13.2 Å². The molecule has 0 bridgehead atoms. The summed E-state index contributed by atoms with van der Waals surface area (Å²) in [4.78, 5) is 32.6. The van der Waals surface area contributed by atoms with Crippen LogP contribution in [0.25, 0.3) is 0 Å². The molecule has 0 radical (unpaired) electrons.